The lowest BCUT2D eigenvalue weighted by Gasteiger charge is -2.00. The van der Waals surface area contributed by atoms with Crippen LogP contribution in [0.1, 0.15) is 10.4 Å². The van der Waals surface area contributed by atoms with Crippen molar-refractivity contribution >= 4 is 39.6 Å². The minimum absolute atomic E-state index is 0.122. The standard InChI is InChI=1S/C17H11FN4OS/c18-11-5-3-4-10(8-11)14(23)9-24-17-20-16-15(21-22-17)12-6-1-2-7-13(12)19-16/h1-8H,9H2,(H,19,20,22). The minimum atomic E-state index is -0.428. The van der Waals surface area contributed by atoms with Crippen molar-refractivity contribution < 1.29 is 9.18 Å². The summed E-state index contributed by atoms with van der Waals surface area (Å²) in [6, 6.07) is 13.4. The molecule has 0 bridgehead atoms. The van der Waals surface area contributed by atoms with Crippen LogP contribution in [0.4, 0.5) is 4.39 Å². The van der Waals surface area contributed by atoms with Gasteiger partial charge in [-0.15, -0.1) is 10.2 Å². The molecule has 0 spiro atoms. The van der Waals surface area contributed by atoms with E-state index in [1.807, 2.05) is 24.3 Å². The van der Waals surface area contributed by atoms with Gasteiger partial charge in [-0.05, 0) is 18.2 Å². The maximum Gasteiger partial charge on any atom is 0.211 e. The van der Waals surface area contributed by atoms with Crippen LogP contribution in [0.15, 0.2) is 53.7 Å². The van der Waals surface area contributed by atoms with E-state index >= 15 is 0 Å². The third-order valence-corrected chi connectivity index (χ3v) is 4.42. The zero-order valence-corrected chi connectivity index (χ0v) is 13.2. The van der Waals surface area contributed by atoms with Gasteiger partial charge >= 0.3 is 0 Å². The normalized spacial score (nSPS) is 11.2. The Labute approximate surface area is 140 Å². The van der Waals surface area contributed by atoms with Crippen LogP contribution in [0.25, 0.3) is 22.1 Å². The molecule has 0 aliphatic rings. The Morgan fingerprint density at radius 1 is 1.12 bits per heavy atom. The molecule has 0 aliphatic heterocycles. The zero-order chi connectivity index (χ0) is 16.5. The first-order valence-electron chi connectivity index (χ1n) is 7.23. The number of hydrogen-bond donors (Lipinski definition) is 1. The molecular formula is C17H11FN4OS. The van der Waals surface area contributed by atoms with Gasteiger partial charge in [-0.2, -0.15) is 0 Å². The Balaban J connectivity index is 1.56. The van der Waals surface area contributed by atoms with Crippen LogP contribution < -0.4 is 0 Å². The average molecular weight is 338 g/mol. The van der Waals surface area contributed by atoms with Crippen LogP contribution >= 0.6 is 11.8 Å². The van der Waals surface area contributed by atoms with Crippen molar-refractivity contribution in [3.05, 3.63) is 59.9 Å². The highest BCUT2D eigenvalue weighted by Gasteiger charge is 2.12. The highest BCUT2D eigenvalue weighted by molar-refractivity contribution is 7.99. The second kappa shape index (κ2) is 6.01. The molecule has 1 N–H and O–H groups in total. The number of ketones is 1. The minimum Gasteiger partial charge on any atom is -0.338 e. The Morgan fingerprint density at radius 3 is 2.88 bits per heavy atom. The molecule has 0 unspecified atom stereocenters. The summed E-state index contributed by atoms with van der Waals surface area (Å²) in [5, 5.41) is 9.63. The monoisotopic (exact) mass is 338 g/mol. The molecule has 0 aliphatic carbocycles. The molecule has 2 aromatic carbocycles. The number of thioether (sulfide) groups is 1. The van der Waals surface area contributed by atoms with E-state index in [0.29, 0.717) is 21.9 Å². The first-order valence-corrected chi connectivity index (χ1v) is 8.22. The average Bonchev–Trinajstić information content (AvgIpc) is 2.97. The van der Waals surface area contributed by atoms with Crippen LogP contribution in [0.3, 0.4) is 0 Å². The largest absolute Gasteiger partial charge is 0.338 e. The SMILES string of the molecule is O=C(CSc1nnc2c(n1)[nH]c1ccccc12)c1cccc(F)c1. The highest BCUT2D eigenvalue weighted by Crippen LogP contribution is 2.23. The molecule has 7 heteroatoms. The number of Topliss-reactive ketones (excluding diaryl/α,β-unsaturated/α-hetero) is 1. The van der Waals surface area contributed by atoms with E-state index in [1.54, 1.807) is 6.07 Å². The summed E-state index contributed by atoms with van der Waals surface area (Å²) in [7, 11) is 0. The Hall–Kier alpha value is -2.80. The van der Waals surface area contributed by atoms with Crippen molar-refractivity contribution in [2.45, 2.75) is 5.16 Å². The number of fused-ring (bicyclic) bond motifs is 3. The van der Waals surface area contributed by atoms with Gasteiger partial charge in [0.25, 0.3) is 0 Å². The van der Waals surface area contributed by atoms with E-state index in [-0.39, 0.29) is 11.5 Å². The molecule has 4 rings (SSSR count). The number of aromatic amines is 1. The Kier molecular flexibility index (Phi) is 3.70. The number of para-hydroxylation sites is 1. The fraction of sp³-hybridized carbons (Fsp3) is 0.0588. The van der Waals surface area contributed by atoms with Gasteiger partial charge < -0.3 is 4.98 Å². The number of rotatable bonds is 4. The number of nitrogens with zero attached hydrogens (tertiary/aromatic N) is 3. The van der Waals surface area contributed by atoms with Crippen molar-refractivity contribution in [1.29, 1.82) is 0 Å². The maximum absolute atomic E-state index is 13.2. The molecule has 5 nitrogen and oxygen atoms in total. The van der Waals surface area contributed by atoms with Crippen LogP contribution in [-0.4, -0.2) is 31.7 Å². The summed E-state index contributed by atoms with van der Waals surface area (Å²) in [6.07, 6.45) is 0. The first kappa shape index (κ1) is 14.8. The Bertz CT molecular complexity index is 1060. The van der Waals surface area contributed by atoms with E-state index in [4.69, 9.17) is 0 Å². The third kappa shape index (κ3) is 2.74. The molecule has 118 valence electrons. The van der Waals surface area contributed by atoms with Gasteiger partial charge in [-0.25, -0.2) is 9.37 Å². The van der Waals surface area contributed by atoms with Crippen LogP contribution in [0.2, 0.25) is 0 Å². The quantitative estimate of drug-likeness (QED) is 0.454. The van der Waals surface area contributed by atoms with Crippen LogP contribution in [0, 0.1) is 5.82 Å². The lowest BCUT2D eigenvalue weighted by atomic mass is 10.1. The number of carbonyl (C=O) groups excluding carboxylic acids is 1. The molecule has 4 aromatic rings. The number of benzene rings is 2. The van der Waals surface area contributed by atoms with E-state index in [0.717, 1.165) is 10.9 Å². The third-order valence-electron chi connectivity index (χ3n) is 3.58. The van der Waals surface area contributed by atoms with Gasteiger partial charge in [-0.3, -0.25) is 4.79 Å². The summed E-state index contributed by atoms with van der Waals surface area (Å²) in [4.78, 5) is 19.7. The molecule has 2 heterocycles. The lowest BCUT2D eigenvalue weighted by molar-refractivity contribution is 0.102. The summed E-state index contributed by atoms with van der Waals surface area (Å²) < 4.78 is 13.2. The van der Waals surface area contributed by atoms with Crippen molar-refractivity contribution in [3.8, 4) is 0 Å². The zero-order valence-electron chi connectivity index (χ0n) is 12.4. The number of hydrogen-bond acceptors (Lipinski definition) is 5. The highest BCUT2D eigenvalue weighted by atomic mass is 32.2. The molecule has 24 heavy (non-hydrogen) atoms. The van der Waals surface area contributed by atoms with Crippen LogP contribution in [0.5, 0.6) is 0 Å². The molecule has 0 radical (unpaired) electrons. The maximum atomic E-state index is 13.2. The molecule has 2 aromatic heterocycles. The topological polar surface area (TPSA) is 71.5 Å². The Morgan fingerprint density at radius 2 is 2.00 bits per heavy atom. The van der Waals surface area contributed by atoms with Gasteiger partial charge in [0.1, 0.15) is 11.3 Å². The number of halogens is 1. The van der Waals surface area contributed by atoms with Gasteiger partial charge in [0.05, 0.1) is 5.75 Å². The second-order valence-electron chi connectivity index (χ2n) is 5.18. The van der Waals surface area contributed by atoms with Crippen molar-refractivity contribution in [2.75, 3.05) is 5.75 Å². The molecule has 0 fully saturated rings. The van der Waals surface area contributed by atoms with E-state index in [2.05, 4.69) is 20.2 Å². The van der Waals surface area contributed by atoms with E-state index in [9.17, 15) is 9.18 Å². The predicted molar refractivity (Wildman–Crippen MR) is 90.6 cm³/mol. The number of H-pyrrole nitrogens is 1. The molecular weight excluding hydrogens is 327 g/mol. The van der Waals surface area contributed by atoms with Gasteiger partial charge in [0.15, 0.2) is 11.4 Å². The van der Waals surface area contributed by atoms with Gasteiger partial charge in [0, 0.05) is 16.5 Å². The summed E-state index contributed by atoms with van der Waals surface area (Å²) in [5.74, 6) is -0.486. The second-order valence-corrected chi connectivity index (χ2v) is 6.13. The van der Waals surface area contributed by atoms with Gasteiger partial charge in [0.2, 0.25) is 5.16 Å². The number of aromatic nitrogens is 4. The summed E-state index contributed by atoms with van der Waals surface area (Å²) in [5.41, 5.74) is 2.60. The molecule has 0 saturated heterocycles. The number of carbonyl (C=O) groups is 1. The van der Waals surface area contributed by atoms with E-state index in [1.165, 1.54) is 30.0 Å². The van der Waals surface area contributed by atoms with E-state index < -0.39 is 5.82 Å². The predicted octanol–water partition coefficient (Wildman–Crippen LogP) is 3.62. The van der Waals surface area contributed by atoms with Crippen molar-refractivity contribution in [2.24, 2.45) is 0 Å². The van der Waals surface area contributed by atoms with Gasteiger partial charge in [-0.1, -0.05) is 42.1 Å². The summed E-state index contributed by atoms with van der Waals surface area (Å²) in [6.45, 7) is 0. The fourth-order valence-electron chi connectivity index (χ4n) is 2.44. The smallest absolute Gasteiger partial charge is 0.211 e. The van der Waals surface area contributed by atoms with Crippen molar-refractivity contribution in [1.82, 2.24) is 20.2 Å². The first-order chi connectivity index (χ1) is 11.7. The molecule has 0 atom stereocenters. The lowest BCUT2D eigenvalue weighted by Crippen LogP contribution is -2.04. The molecule has 0 saturated carbocycles. The van der Waals surface area contributed by atoms with Crippen LogP contribution in [-0.2, 0) is 0 Å². The molecule has 0 amide bonds. The fourth-order valence-corrected chi connectivity index (χ4v) is 3.12. The van der Waals surface area contributed by atoms with Crippen molar-refractivity contribution in [3.63, 3.8) is 0 Å². The number of nitrogens with one attached hydrogen (secondary N) is 1. The summed E-state index contributed by atoms with van der Waals surface area (Å²) >= 11 is 1.18.